The van der Waals surface area contributed by atoms with Gasteiger partial charge in [0, 0.05) is 18.1 Å². The summed E-state index contributed by atoms with van der Waals surface area (Å²) < 4.78 is 6.36. The monoisotopic (exact) mass is 391 g/mol. The van der Waals surface area contributed by atoms with Gasteiger partial charge in [0.2, 0.25) is 5.78 Å². The number of ketones is 1. The maximum absolute atomic E-state index is 12.7. The molecule has 0 N–H and O–H groups in total. The van der Waals surface area contributed by atoms with E-state index in [4.69, 9.17) is 11.2 Å². The SMILES string of the molecule is C#CCOC(=O)C(Cc1ccccc1)n1sc(C(=O)c2ccccc2)cc1=O. The molecule has 1 atom stereocenters. The number of nitrogens with zero attached hydrogens (tertiary/aromatic N) is 1. The Balaban J connectivity index is 1.94. The fraction of sp³-hybridized carbons (Fsp3) is 0.136. The van der Waals surface area contributed by atoms with Crippen LogP contribution in [-0.2, 0) is 16.0 Å². The smallest absolute Gasteiger partial charge is 0.331 e. The van der Waals surface area contributed by atoms with Crippen LogP contribution in [0.25, 0.3) is 0 Å². The molecular weight excluding hydrogens is 374 g/mol. The normalized spacial score (nSPS) is 11.4. The molecule has 0 saturated heterocycles. The van der Waals surface area contributed by atoms with Crippen LogP contribution >= 0.6 is 11.5 Å². The van der Waals surface area contributed by atoms with Crippen molar-refractivity contribution in [2.24, 2.45) is 0 Å². The van der Waals surface area contributed by atoms with Crippen molar-refractivity contribution in [3.8, 4) is 12.3 Å². The third-order valence-corrected chi connectivity index (χ3v) is 5.18. The first-order valence-electron chi connectivity index (χ1n) is 8.57. The van der Waals surface area contributed by atoms with Gasteiger partial charge in [-0.3, -0.25) is 9.59 Å². The van der Waals surface area contributed by atoms with E-state index in [9.17, 15) is 14.4 Å². The molecular formula is C22H17NO4S. The maximum atomic E-state index is 12.7. The van der Waals surface area contributed by atoms with E-state index in [0.29, 0.717) is 5.56 Å². The zero-order valence-electron chi connectivity index (χ0n) is 14.9. The minimum atomic E-state index is -0.898. The predicted octanol–water partition coefficient (Wildman–Crippen LogP) is 3.10. The molecule has 0 aliphatic heterocycles. The Kier molecular flexibility index (Phi) is 6.20. The average molecular weight is 391 g/mol. The summed E-state index contributed by atoms with van der Waals surface area (Å²) in [5, 5.41) is 0. The first-order valence-corrected chi connectivity index (χ1v) is 9.34. The van der Waals surface area contributed by atoms with Crippen molar-refractivity contribution in [1.29, 1.82) is 0 Å². The number of rotatable bonds is 7. The number of benzene rings is 2. The summed E-state index contributed by atoms with van der Waals surface area (Å²) in [6.07, 6.45) is 5.42. The number of hydrogen-bond donors (Lipinski definition) is 0. The van der Waals surface area contributed by atoms with Crippen molar-refractivity contribution in [3.05, 3.63) is 93.1 Å². The molecule has 0 aliphatic rings. The van der Waals surface area contributed by atoms with Gasteiger partial charge in [-0.25, -0.2) is 8.75 Å². The van der Waals surface area contributed by atoms with Gasteiger partial charge in [0.25, 0.3) is 5.56 Å². The fourth-order valence-electron chi connectivity index (χ4n) is 2.72. The summed E-state index contributed by atoms with van der Waals surface area (Å²) in [7, 11) is 0. The molecule has 0 spiro atoms. The lowest BCUT2D eigenvalue weighted by Crippen LogP contribution is -2.29. The van der Waals surface area contributed by atoms with Crippen LogP contribution in [0.15, 0.2) is 71.5 Å². The Morgan fingerprint density at radius 3 is 2.36 bits per heavy atom. The van der Waals surface area contributed by atoms with Crippen LogP contribution in [0, 0.1) is 12.3 Å². The number of ether oxygens (including phenoxy) is 1. The second-order valence-corrected chi connectivity index (χ2v) is 6.99. The van der Waals surface area contributed by atoms with Crippen LogP contribution in [0.2, 0.25) is 0 Å². The second kappa shape index (κ2) is 8.98. The number of esters is 1. The van der Waals surface area contributed by atoms with Gasteiger partial charge in [0.05, 0.1) is 4.88 Å². The highest BCUT2D eigenvalue weighted by Crippen LogP contribution is 2.21. The van der Waals surface area contributed by atoms with Gasteiger partial charge in [-0.2, -0.15) is 0 Å². The molecule has 0 radical (unpaired) electrons. The van der Waals surface area contributed by atoms with Gasteiger partial charge in [0.15, 0.2) is 6.61 Å². The Morgan fingerprint density at radius 2 is 1.71 bits per heavy atom. The van der Waals surface area contributed by atoms with E-state index >= 15 is 0 Å². The average Bonchev–Trinajstić information content (AvgIpc) is 3.12. The van der Waals surface area contributed by atoms with Crippen molar-refractivity contribution in [3.63, 3.8) is 0 Å². The Labute approximate surface area is 166 Å². The fourth-order valence-corrected chi connectivity index (χ4v) is 3.71. The molecule has 0 amide bonds. The molecule has 0 aliphatic carbocycles. The lowest BCUT2D eigenvalue weighted by Gasteiger charge is -2.15. The van der Waals surface area contributed by atoms with Crippen LogP contribution < -0.4 is 5.56 Å². The summed E-state index contributed by atoms with van der Waals surface area (Å²) in [6.45, 7) is -0.181. The molecule has 3 rings (SSSR count). The molecule has 1 heterocycles. The van der Waals surface area contributed by atoms with Gasteiger partial charge in [-0.1, -0.05) is 78.1 Å². The highest BCUT2D eigenvalue weighted by atomic mass is 32.1. The molecule has 28 heavy (non-hydrogen) atoms. The third-order valence-electron chi connectivity index (χ3n) is 4.05. The highest BCUT2D eigenvalue weighted by molar-refractivity contribution is 7.09. The van der Waals surface area contributed by atoms with Crippen LogP contribution in [0.1, 0.15) is 26.8 Å². The van der Waals surface area contributed by atoms with Crippen molar-refractivity contribution in [2.75, 3.05) is 6.61 Å². The summed E-state index contributed by atoms with van der Waals surface area (Å²) in [5.74, 6) is 1.37. The Bertz CT molecular complexity index is 1060. The number of hydrogen-bond acceptors (Lipinski definition) is 5. The number of carbonyl (C=O) groups excluding carboxylic acids is 2. The molecule has 0 saturated carbocycles. The Morgan fingerprint density at radius 1 is 1.07 bits per heavy atom. The molecule has 1 unspecified atom stereocenters. The van der Waals surface area contributed by atoms with Gasteiger partial charge in [-0.15, -0.1) is 6.42 Å². The minimum Gasteiger partial charge on any atom is -0.451 e. The number of carbonyl (C=O) groups is 2. The quantitative estimate of drug-likeness (QED) is 0.353. The molecule has 3 aromatic rings. The van der Waals surface area contributed by atoms with E-state index in [1.54, 1.807) is 24.3 Å². The third kappa shape index (κ3) is 4.45. The molecule has 140 valence electrons. The topological polar surface area (TPSA) is 65.4 Å². The second-order valence-electron chi connectivity index (χ2n) is 5.98. The van der Waals surface area contributed by atoms with E-state index in [1.807, 2.05) is 36.4 Å². The van der Waals surface area contributed by atoms with Crippen LogP contribution in [0.5, 0.6) is 0 Å². The van der Waals surface area contributed by atoms with E-state index in [2.05, 4.69) is 5.92 Å². The summed E-state index contributed by atoms with van der Waals surface area (Å²) >= 11 is 0.954. The lowest BCUT2D eigenvalue weighted by molar-refractivity contribution is -0.146. The number of terminal acetylenes is 1. The van der Waals surface area contributed by atoms with E-state index in [0.717, 1.165) is 17.1 Å². The molecule has 2 aromatic carbocycles. The summed E-state index contributed by atoms with van der Waals surface area (Å²) in [4.78, 5) is 38.0. The molecule has 6 heteroatoms. The first kappa shape index (κ1) is 19.3. The van der Waals surface area contributed by atoms with E-state index in [1.165, 1.54) is 10.0 Å². The van der Waals surface area contributed by atoms with Crippen molar-refractivity contribution in [2.45, 2.75) is 12.5 Å². The number of aromatic nitrogens is 1. The van der Waals surface area contributed by atoms with Crippen LogP contribution in [0.3, 0.4) is 0 Å². The van der Waals surface area contributed by atoms with Crippen LogP contribution in [0.4, 0.5) is 0 Å². The molecule has 1 aromatic heterocycles. The molecule has 0 bridgehead atoms. The Hall–Kier alpha value is -3.43. The molecule has 5 nitrogen and oxygen atoms in total. The standard InChI is InChI=1S/C22H17NO4S/c1-2-13-27-22(26)18(14-16-9-5-3-6-10-16)23-20(24)15-19(28-23)21(25)17-11-7-4-8-12-17/h1,3-12,15,18H,13-14H2. The van der Waals surface area contributed by atoms with Gasteiger partial charge >= 0.3 is 5.97 Å². The largest absolute Gasteiger partial charge is 0.451 e. The summed E-state index contributed by atoms with van der Waals surface area (Å²) in [5.41, 5.74) is 0.912. The highest BCUT2D eigenvalue weighted by Gasteiger charge is 2.27. The van der Waals surface area contributed by atoms with Crippen molar-refractivity contribution < 1.29 is 14.3 Å². The van der Waals surface area contributed by atoms with Crippen LogP contribution in [-0.4, -0.2) is 22.3 Å². The molecule has 0 fully saturated rings. The van der Waals surface area contributed by atoms with E-state index < -0.39 is 17.6 Å². The summed E-state index contributed by atoms with van der Waals surface area (Å²) in [6, 6.07) is 18.3. The van der Waals surface area contributed by atoms with Crippen molar-refractivity contribution >= 4 is 23.3 Å². The zero-order valence-corrected chi connectivity index (χ0v) is 15.7. The zero-order chi connectivity index (χ0) is 19.9. The maximum Gasteiger partial charge on any atom is 0.331 e. The lowest BCUT2D eigenvalue weighted by atomic mass is 10.1. The van der Waals surface area contributed by atoms with E-state index in [-0.39, 0.29) is 23.7 Å². The minimum absolute atomic E-state index is 0.181. The van der Waals surface area contributed by atoms with Gasteiger partial charge < -0.3 is 4.74 Å². The predicted molar refractivity (Wildman–Crippen MR) is 107 cm³/mol. The first-order chi connectivity index (χ1) is 13.6. The van der Waals surface area contributed by atoms with Gasteiger partial charge in [0.1, 0.15) is 6.04 Å². The van der Waals surface area contributed by atoms with Crippen molar-refractivity contribution in [1.82, 2.24) is 3.96 Å². The van der Waals surface area contributed by atoms with Gasteiger partial charge in [-0.05, 0) is 5.56 Å².